The molecule has 0 aromatic rings. The van der Waals surface area contributed by atoms with Gasteiger partial charge in [0.05, 0.1) is 5.54 Å². The quantitative estimate of drug-likeness (QED) is 0.533. The first-order valence-electron chi connectivity index (χ1n) is 5.50. The zero-order valence-corrected chi connectivity index (χ0v) is 13.2. The number of carboxylic acid groups (broad SMARTS) is 1. The highest BCUT2D eigenvalue weighted by molar-refractivity contribution is 6.13. The first-order valence-corrected chi connectivity index (χ1v) is 6.39. The average molecular weight is 244 g/mol. The molecule has 2 atom stereocenters. The molecule has 1 unspecified atom stereocenters. The lowest BCUT2D eigenvalue weighted by atomic mass is 9.61. The van der Waals surface area contributed by atoms with Crippen molar-refractivity contribution in [2.75, 3.05) is 0 Å². The van der Waals surface area contributed by atoms with E-state index in [1.54, 1.807) is 20.8 Å². The van der Waals surface area contributed by atoms with Crippen LogP contribution in [-0.4, -0.2) is 42.6 Å². The number of carbonyl (C=O) groups excluding carboxylic acids is 1. The molecule has 0 spiro atoms. The van der Waals surface area contributed by atoms with Gasteiger partial charge in [0.15, 0.2) is 0 Å². The maximum atomic E-state index is 12.3. The summed E-state index contributed by atoms with van der Waals surface area (Å²) in [4.78, 5) is 23.9. The molecule has 1 amide bonds. The zero-order valence-electron chi connectivity index (χ0n) is 11.2. The van der Waals surface area contributed by atoms with Gasteiger partial charge in [-0.2, -0.15) is 0 Å². The van der Waals surface area contributed by atoms with Crippen LogP contribution in [0.15, 0.2) is 0 Å². The Balaban J connectivity index is 3.45. The van der Waals surface area contributed by atoms with Gasteiger partial charge in [0, 0.05) is 6.92 Å². The lowest BCUT2D eigenvalue weighted by Gasteiger charge is -2.67. The topological polar surface area (TPSA) is 54.4 Å². The summed E-state index contributed by atoms with van der Waals surface area (Å²) >= 11 is 0. The van der Waals surface area contributed by atoms with E-state index < -0.39 is 16.9 Å². The first kappa shape index (κ1) is 13.4. The molecule has 0 aromatic carbocycles. The lowest BCUT2D eigenvalue weighted by molar-refractivity contribution is -0.882. The number of nitrogens with zero attached hydrogens (tertiary/aromatic N) is 1. The van der Waals surface area contributed by atoms with Gasteiger partial charge in [0.1, 0.15) is 5.41 Å². The number of likely N-dealkylation sites (tertiary alicyclic amines) is 1. The molecule has 0 saturated carbocycles. The molecule has 1 saturated heterocycles. The Bertz CT molecular complexity index is 370. The van der Waals surface area contributed by atoms with E-state index in [0.29, 0.717) is 10.4 Å². The molecule has 0 bridgehead atoms. The predicted molar refractivity (Wildman–Crippen MR) is 64.8 cm³/mol. The molecule has 16 heavy (non-hydrogen) atoms. The number of quaternary nitrogens is 1. The number of carbonyl (C=O) groups is 2. The molecule has 1 N–H and O–H groups in total. The second-order valence-corrected chi connectivity index (χ2v) is 7.83. The van der Waals surface area contributed by atoms with Gasteiger partial charge in [-0.1, -0.05) is 0 Å². The van der Waals surface area contributed by atoms with Crippen LogP contribution in [0.5, 0.6) is 0 Å². The highest BCUT2D eigenvalue weighted by Gasteiger charge is 2.80. The SMILES string of the molecule is CC1(C)C(=O)[N+]([SiH3])(C(C)(C)C)[C@]1(C)C(=O)O. The Kier molecular flexibility index (Phi) is 2.47. The van der Waals surface area contributed by atoms with Crippen LogP contribution < -0.4 is 0 Å². The largest absolute Gasteiger partial charge is 0.477 e. The summed E-state index contributed by atoms with van der Waals surface area (Å²) in [5.41, 5.74) is -2.14. The van der Waals surface area contributed by atoms with E-state index in [9.17, 15) is 14.7 Å². The fourth-order valence-electron chi connectivity index (χ4n) is 2.91. The molecule has 0 aliphatic carbocycles. The van der Waals surface area contributed by atoms with Crippen molar-refractivity contribution in [1.82, 2.24) is 0 Å². The number of hydrogen-bond donors (Lipinski definition) is 1. The fraction of sp³-hybridized carbons (Fsp3) is 0.818. The van der Waals surface area contributed by atoms with E-state index in [4.69, 9.17) is 0 Å². The Hall–Kier alpha value is -0.683. The highest BCUT2D eigenvalue weighted by atomic mass is 28.2. The summed E-state index contributed by atoms with van der Waals surface area (Å²) in [5, 5.41) is 9.50. The second kappa shape index (κ2) is 2.95. The molecule has 1 aliphatic heterocycles. The summed E-state index contributed by atoms with van der Waals surface area (Å²) < 4.78 is 0.0856. The Labute approximate surface area is 99.7 Å². The van der Waals surface area contributed by atoms with Crippen LogP contribution in [0, 0.1) is 5.41 Å². The van der Waals surface area contributed by atoms with Crippen LogP contribution in [0.4, 0.5) is 0 Å². The second-order valence-electron chi connectivity index (χ2n) is 6.48. The van der Waals surface area contributed by atoms with Crippen molar-refractivity contribution < 1.29 is 18.8 Å². The number of β-lactam (4-membered cyclic amide) rings is 1. The number of hydrogen-bond acceptors (Lipinski definition) is 2. The van der Waals surface area contributed by atoms with Crippen LogP contribution in [0.2, 0.25) is 0 Å². The maximum absolute atomic E-state index is 12.3. The third-order valence-electron chi connectivity index (χ3n) is 4.81. The summed E-state index contributed by atoms with van der Waals surface area (Å²) in [6.45, 7) is 11.0. The summed E-state index contributed by atoms with van der Waals surface area (Å²) in [7, 11) is 0.512. The molecule has 1 fully saturated rings. The monoisotopic (exact) mass is 244 g/mol. The van der Waals surface area contributed by atoms with Gasteiger partial charge in [0.2, 0.25) is 15.9 Å². The molecule has 0 aromatic heterocycles. The minimum absolute atomic E-state index is 0.0524. The van der Waals surface area contributed by atoms with Gasteiger partial charge in [0.25, 0.3) is 0 Å². The normalized spacial score (nSPS) is 38.2. The standard InChI is InChI=1S/C11H21NO3Si/c1-9(2,3)12(16)7(13)10(4,5)11(12,6)8(14)15/h1-6,16H3/p+1/t11-,12?/m1/s1. The van der Waals surface area contributed by atoms with Gasteiger partial charge in [-0.3, -0.25) is 0 Å². The minimum atomic E-state index is -1.01. The maximum Gasteiger partial charge on any atom is 0.365 e. The van der Waals surface area contributed by atoms with Crippen LogP contribution in [-0.2, 0) is 9.59 Å². The van der Waals surface area contributed by atoms with E-state index in [1.807, 2.05) is 20.8 Å². The average Bonchev–Trinajstić information content (AvgIpc) is 2.11. The van der Waals surface area contributed by atoms with Gasteiger partial charge in [-0.05, 0) is 34.6 Å². The van der Waals surface area contributed by atoms with Gasteiger partial charge < -0.3 is 9.26 Å². The molecule has 5 heteroatoms. The Morgan fingerprint density at radius 1 is 1.31 bits per heavy atom. The van der Waals surface area contributed by atoms with E-state index in [0.717, 1.165) is 0 Å². The Morgan fingerprint density at radius 2 is 1.69 bits per heavy atom. The van der Waals surface area contributed by atoms with Crippen molar-refractivity contribution in [2.24, 2.45) is 5.41 Å². The number of aliphatic carboxylic acids is 1. The number of rotatable bonds is 1. The van der Waals surface area contributed by atoms with Crippen molar-refractivity contribution in [2.45, 2.75) is 52.6 Å². The smallest absolute Gasteiger partial charge is 0.365 e. The predicted octanol–water partition coefficient (Wildman–Crippen LogP) is 0.292. The van der Waals surface area contributed by atoms with E-state index in [-0.39, 0.29) is 15.6 Å². The molecule has 0 radical (unpaired) electrons. The molecule has 4 nitrogen and oxygen atoms in total. The van der Waals surface area contributed by atoms with Crippen molar-refractivity contribution in [1.29, 1.82) is 0 Å². The summed E-state index contributed by atoms with van der Waals surface area (Å²) in [6, 6.07) is 0. The summed E-state index contributed by atoms with van der Waals surface area (Å²) in [6.07, 6.45) is 0. The molecular weight excluding hydrogens is 222 g/mol. The first-order chi connectivity index (χ1) is 6.85. The minimum Gasteiger partial charge on any atom is -0.477 e. The lowest BCUT2D eigenvalue weighted by Crippen LogP contribution is -2.91. The molecule has 1 aliphatic rings. The van der Waals surface area contributed by atoms with Crippen LogP contribution in [0.3, 0.4) is 0 Å². The van der Waals surface area contributed by atoms with Crippen LogP contribution in [0.1, 0.15) is 41.5 Å². The molecule has 1 heterocycles. The zero-order chi connectivity index (χ0) is 13.2. The molecule has 92 valence electrons. The van der Waals surface area contributed by atoms with Crippen molar-refractivity contribution in [3.05, 3.63) is 0 Å². The van der Waals surface area contributed by atoms with Crippen LogP contribution >= 0.6 is 0 Å². The molecular formula is C11H22NO3Si+. The van der Waals surface area contributed by atoms with Crippen LogP contribution in [0.25, 0.3) is 0 Å². The van der Waals surface area contributed by atoms with E-state index in [2.05, 4.69) is 0 Å². The highest BCUT2D eigenvalue weighted by Crippen LogP contribution is 2.56. The fourth-order valence-corrected chi connectivity index (χ4v) is 4.22. The van der Waals surface area contributed by atoms with E-state index in [1.165, 1.54) is 0 Å². The van der Waals surface area contributed by atoms with Crippen molar-refractivity contribution in [3.8, 4) is 0 Å². The van der Waals surface area contributed by atoms with Gasteiger partial charge >= 0.3 is 11.9 Å². The van der Waals surface area contributed by atoms with Gasteiger partial charge in [-0.25, -0.2) is 9.59 Å². The van der Waals surface area contributed by atoms with Crippen molar-refractivity contribution in [3.63, 3.8) is 0 Å². The molecule has 1 rings (SSSR count). The number of carboxylic acids is 1. The Morgan fingerprint density at radius 3 is 1.88 bits per heavy atom. The van der Waals surface area contributed by atoms with Crippen molar-refractivity contribution >= 4 is 22.3 Å². The number of amides is 1. The van der Waals surface area contributed by atoms with E-state index >= 15 is 0 Å². The third kappa shape index (κ3) is 1.03. The van der Waals surface area contributed by atoms with Gasteiger partial charge in [-0.15, -0.1) is 0 Å². The third-order valence-corrected chi connectivity index (χ3v) is 7.45. The summed E-state index contributed by atoms with van der Waals surface area (Å²) in [5.74, 6) is -0.821.